The van der Waals surface area contributed by atoms with Crippen molar-refractivity contribution in [2.45, 2.75) is 105 Å². The molecule has 0 aliphatic rings. The lowest BCUT2D eigenvalue weighted by Crippen LogP contribution is -2.41. The van der Waals surface area contributed by atoms with Gasteiger partial charge >= 0.3 is 6.09 Å². The molecule has 560 valence electrons. The number of allylic oxidation sites excluding steroid dienone is 1. The molecule has 0 radical (unpaired) electrons. The second kappa shape index (κ2) is 71.2. The van der Waals surface area contributed by atoms with Crippen molar-refractivity contribution in [3.8, 4) is 0 Å². The van der Waals surface area contributed by atoms with Crippen molar-refractivity contribution in [2.75, 3.05) is 291 Å². The molecule has 1 aromatic rings. The standard InChI is InChI=1S/C71H134N2O22/c1-9-13-16-67(12-4)64-73(20-15-17-66(10-2)11-3)21-22-75-23-24-76-25-26-77-27-28-78-29-30-79-31-32-80-33-34-81-35-36-82-37-38-83-39-40-84-41-42-85-43-44-86-45-46-87-47-48-88-49-50-89-51-52-90-53-54-91-55-56-92-57-58-93-59-60-94-61-62-95-70(74)72-71(7,8)69-19-14-18-68(63-69)65(5)6/h14,18-19,63,66-67H,5,9-13,15-17,20-62,64H2,1-4,6-8H3,(H,72,74). The number of ether oxygens (including phenoxy) is 21. The van der Waals surface area contributed by atoms with Gasteiger partial charge in [0, 0.05) is 13.1 Å². The second-order valence-electron chi connectivity index (χ2n) is 23.0. The van der Waals surface area contributed by atoms with Crippen molar-refractivity contribution >= 4 is 11.7 Å². The molecular weight excluding hydrogens is 1230 g/mol. The van der Waals surface area contributed by atoms with E-state index in [4.69, 9.17) is 99.5 Å². The average Bonchev–Trinajstić information content (AvgIpc) is 0.848. The third-order valence-electron chi connectivity index (χ3n) is 14.9. The van der Waals surface area contributed by atoms with Crippen LogP contribution in [-0.4, -0.2) is 302 Å². The summed E-state index contributed by atoms with van der Waals surface area (Å²) in [6, 6.07) is 7.93. The highest BCUT2D eigenvalue weighted by atomic mass is 16.6. The van der Waals surface area contributed by atoms with Crippen molar-refractivity contribution in [3.63, 3.8) is 0 Å². The summed E-state index contributed by atoms with van der Waals surface area (Å²) in [5, 5.41) is 2.90. The Kier molecular flexibility index (Phi) is 67.8. The summed E-state index contributed by atoms with van der Waals surface area (Å²) < 4.78 is 117. The van der Waals surface area contributed by atoms with Crippen LogP contribution in [0.2, 0.25) is 0 Å². The molecule has 1 amide bonds. The lowest BCUT2D eigenvalue weighted by atomic mass is 9.92. The fourth-order valence-electron chi connectivity index (χ4n) is 9.08. The number of unbranched alkanes of at least 4 members (excludes halogenated alkanes) is 1. The van der Waals surface area contributed by atoms with Gasteiger partial charge in [-0.2, -0.15) is 0 Å². The average molecular weight is 1370 g/mol. The first-order chi connectivity index (χ1) is 46.7. The van der Waals surface area contributed by atoms with Crippen LogP contribution in [0, 0.1) is 11.8 Å². The molecule has 0 aliphatic carbocycles. The van der Waals surface area contributed by atoms with Crippen molar-refractivity contribution in [3.05, 3.63) is 42.0 Å². The Morgan fingerprint density at radius 1 is 0.389 bits per heavy atom. The molecule has 1 aromatic carbocycles. The van der Waals surface area contributed by atoms with Gasteiger partial charge in [0.05, 0.1) is 270 Å². The Morgan fingerprint density at radius 3 is 0.937 bits per heavy atom. The summed E-state index contributed by atoms with van der Waals surface area (Å²) in [6.45, 7) is 42.1. The fraction of sp³-hybridized carbons (Fsp3) is 0.873. The fourth-order valence-corrected chi connectivity index (χ4v) is 9.08. The zero-order valence-corrected chi connectivity index (χ0v) is 60.4. The molecule has 95 heavy (non-hydrogen) atoms. The van der Waals surface area contributed by atoms with E-state index in [2.05, 4.69) is 44.5 Å². The molecule has 1 atom stereocenters. The molecule has 0 saturated carbocycles. The maximum atomic E-state index is 12.3. The number of carbonyl (C=O) groups is 1. The normalized spacial score (nSPS) is 12.3. The third kappa shape index (κ3) is 62.2. The van der Waals surface area contributed by atoms with Gasteiger partial charge in [0.2, 0.25) is 0 Å². The zero-order valence-electron chi connectivity index (χ0n) is 60.4. The SMILES string of the molecule is C=C(C)c1cccc(C(C)(C)NC(=O)OCCOCCOCCOCCOCCOCCOCCOCCOCCOCCOCCOCCOCCOCCOCCOCCOCCOCCOCCOCCOCCN(CCCC(CC)CC)CC(CC)CCCC)c1. The van der Waals surface area contributed by atoms with E-state index in [9.17, 15) is 4.79 Å². The Morgan fingerprint density at radius 2 is 0.663 bits per heavy atom. The molecule has 24 nitrogen and oxygen atoms in total. The van der Waals surface area contributed by atoms with E-state index in [1.54, 1.807) is 0 Å². The highest BCUT2D eigenvalue weighted by Crippen LogP contribution is 2.24. The number of alkyl carbamates (subject to hydrolysis) is 1. The van der Waals surface area contributed by atoms with Crippen LogP contribution in [0.5, 0.6) is 0 Å². The molecule has 0 heterocycles. The summed E-state index contributed by atoms with van der Waals surface area (Å²) in [5.74, 6) is 1.64. The molecule has 0 fully saturated rings. The predicted octanol–water partition coefficient (Wildman–Crippen LogP) is 8.75. The lowest BCUT2D eigenvalue weighted by Gasteiger charge is -2.27. The third-order valence-corrected chi connectivity index (χ3v) is 14.9. The number of hydrogen-bond donors (Lipinski definition) is 1. The van der Waals surface area contributed by atoms with Crippen molar-refractivity contribution in [1.82, 2.24) is 10.2 Å². The molecule has 0 aliphatic heterocycles. The van der Waals surface area contributed by atoms with E-state index in [0.29, 0.717) is 251 Å². The van der Waals surface area contributed by atoms with Gasteiger partial charge in [-0.1, -0.05) is 90.2 Å². The number of rotatable bonds is 78. The van der Waals surface area contributed by atoms with Crippen LogP contribution in [0.25, 0.3) is 5.57 Å². The molecule has 0 bridgehead atoms. The van der Waals surface area contributed by atoms with Gasteiger partial charge in [-0.15, -0.1) is 0 Å². The molecule has 1 unspecified atom stereocenters. The van der Waals surface area contributed by atoms with Crippen LogP contribution < -0.4 is 5.32 Å². The molecule has 0 saturated heterocycles. The first-order valence-corrected chi connectivity index (χ1v) is 35.6. The van der Waals surface area contributed by atoms with Gasteiger partial charge in [-0.05, 0) is 75.6 Å². The molecule has 0 spiro atoms. The lowest BCUT2D eigenvalue weighted by molar-refractivity contribution is -0.0315. The number of amides is 1. The minimum Gasteiger partial charge on any atom is -0.447 e. The van der Waals surface area contributed by atoms with Gasteiger partial charge in [-0.3, -0.25) is 0 Å². The number of nitrogens with zero attached hydrogens (tertiary/aromatic N) is 1. The van der Waals surface area contributed by atoms with E-state index in [-0.39, 0.29) is 13.2 Å². The van der Waals surface area contributed by atoms with Crippen molar-refractivity contribution in [1.29, 1.82) is 0 Å². The van der Waals surface area contributed by atoms with E-state index in [1.165, 1.54) is 64.5 Å². The minimum absolute atomic E-state index is 0.139. The summed E-state index contributed by atoms with van der Waals surface area (Å²) >= 11 is 0. The van der Waals surface area contributed by atoms with Crippen LogP contribution in [-0.2, 0) is 105 Å². The molecule has 1 N–H and O–H groups in total. The topological polar surface area (TPSA) is 226 Å². The van der Waals surface area contributed by atoms with Crippen molar-refractivity contribution < 1.29 is 104 Å². The number of benzene rings is 1. The van der Waals surface area contributed by atoms with E-state index in [0.717, 1.165) is 41.7 Å². The first-order valence-electron chi connectivity index (χ1n) is 35.6. The van der Waals surface area contributed by atoms with Crippen LogP contribution in [0.4, 0.5) is 4.79 Å². The largest absolute Gasteiger partial charge is 0.447 e. The summed E-state index contributed by atoms with van der Waals surface area (Å²) in [5.41, 5.74) is 2.35. The Balaban J connectivity index is 1.68. The molecule has 0 aromatic heterocycles. The van der Waals surface area contributed by atoms with Gasteiger partial charge in [0.25, 0.3) is 0 Å². The first kappa shape index (κ1) is 90.4. The zero-order chi connectivity index (χ0) is 68.7. The van der Waals surface area contributed by atoms with E-state index >= 15 is 0 Å². The maximum Gasteiger partial charge on any atom is 0.407 e. The van der Waals surface area contributed by atoms with Crippen LogP contribution >= 0.6 is 0 Å². The van der Waals surface area contributed by atoms with Crippen molar-refractivity contribution in [2.24, 2.45) is 11.8 Å². The number of hydrogen-bond acceptors (Lipinski definition) is 23. The monoisotopic (exact) mass is 1370 g/mol. The minimum atomic E-state index is -0.605. The van der Waals surface area contributed by atoms with Gasteiger partial charge in [0.1, 0.15) is 6.61 Å². The Labute approximate surface area is 573 Å². The molecule has 1 rings (SSSR count). The van der Waals surface area contributed by atoms with Crippen LogP contribution in [0.1, 0.15) is 111 Å². The summed E-state index contributed by atoms with van der Waals surface area (Å²) in [6.07, 6.45) is 9.85. The quantitative estimate of drug-likeness (QED) is 0.0601. The van der Waals surface area contributed by atoms with Gasteiger partial charge in [-0.25, -0.2) is 4.79 Å². The molecular formula is C71H134N2O22. The van der Waals surface area contributed by atoms with E-state index in [1.807, 2.05) is 45.0 Å². The van der Waals surface area contributed by atoms with Gasteiger partial charge in [0.15, 0.2) is 0 Å². The summed E-state index contributed by atoms with van der Waals surface area (Å²) in [4.78, 5) is 15.0. The van der Waals surface area contributed by atoms with E-state index < -0.39 is 11.6 Å². The van der Waals surface area contributed by atoms with Gasteiger partial charge < -0.3 is 110 Å². The summed E-state index contributed by atoms with van der Waals surface area (Å²) in [7, 11) is 0. The van der Waals surface area contributed by atoms with Crippen LogP contribution in [0.3, 0.4) is 0 Å². The highest BCUT2D eigenvalue weighted by Gasteiger charge is 2.24. The number of carbonyl (C=O) groups excluding carboxylic acids is 1. The second-order valence-corrected chi connectivity index (χ2v) is 23.0. The highest BCUT2D eigenvalue weighted by molar-refractivity contribution is 5.69. The maximum absolute atomic E-state index is 12.3. The molecule has 24 heteroatoms. The number of nitrogens with one attached hydrogen (secondary N) is 1. The predicted molar refractivity (Wildman–Crippen MR) is 368 cm³/mol. The Hall–Kier alpha value is -2.61. The smallest absolute Gasteiger partial charge is 0.407 e. The Bertz CT molecular complexity index is 1760. The van der Waals surface area contributed by atoms with Crippen LogP contribution in [0.15, 0.2) is 30.8 Å².